The van der Waals surface area contributed by atoms with E-state index < -0.39 is 0 Å². The Kier molecular flexibility index (Phi) is 7.96. The van der Waals surface area contributed by atoms with Gasteiger partial charge in [0, 0.05) is 12.6 Å². The van der Waals surface area contributed by atoms with Crippen LogP contribution in [0.3, 0.4) is 0 Å². The molecule has 0 spiro atoms. The minimum Gasteiger partial charge on any atom is -0.394 e. The Morgan fingerprint density at radius 2 is 2.00 bits per heavy atom. The zero-order valence-electron chi connectivity index (χ0n) is 10.4. The number of hydrogen-bond acceptors (Lipinski definition) is 4. The molecule has 0 bridgehead atoms. The molecule has 3 N–H and O–H groups in total. The van der Waals surface area contributed by atoms with Gasteiger partial charge in [0.25, 0.3) is 0 Å². The first-order valence-corrected chi connectivity index (χ1v) is 6.51. The molecule has 5 nitrogen and oxygen atoms in total. The molecule has 0 radical (unpaired) electrons. The Morgan fingerprint density at radius 3 is 2.71 bits per heavy atom. The maximum atomic E-state index is 11.5. The molecular formula is C12H24N2O3. The van der Waals surface area contributed by atoms with Crippen molar-refractivity contribution in [3.05, 3.63) is 0 Å². The number of amides is 1. The van der Waals surface area contributed by atoms with Gasteiger partial charge in [-0.05, 0) is 12.8 Å². The third kappa shape index (κ3) is 7.31. The Balaban J connectivity index is 1.93. The van der Waals surface area contributed by atoms with Gasteiger partial charge in [-0.15, -0.1) is 0 Å². The van der Waals surface area contributed by atoms with E-state index in [9.17, 15) is 4.79 Å². The van der Waals surface area contributed by atoms with Crippen LogP contribution in [-0.4, -0.2) is 50.0 Å². The highest BCUT2D eigenvalue weighted by Crippen LogP contribution is 2.16. The summed E-state index contributed by atoms with van der Waals surface area (Å²) in [5.41, 5.74) is 0. The van der Waals surface area contributed by atoms with Crippen molar-refractivity contribution in [3.8, 4) is 0 Å². The number of rotatable bonds is 8. The molecule has 0 heterocycles. The summed E-state index contributed by atoms with van der Waals surface area (Å²) in [7, 11) is 0. The summed E-state index contributed by atoms with van der Waals surface area (Å²) in [6.45, 7) is 1.91. The van der Waals surface area contributed by atoms with Crippen LogP contribution in [0.4, 0.5) is 0 Å². The van der Waals surface area contributed by atoms with E-state index in [1.165, 1.54) is 19.3 Å². The van der Waals surface area contributed by atoms with Gasteiger partial charge in [-0.25, -0.2) is 0 Å². The molecule has 0 aromatic carbocycles. The number of nitrogens with one attached hydrogen (secondary N) is 2. The molecule has 0 aromatic rings. The van der Waals surface area contributed by atoms with Gasteiger partial charge in [-0.1, -0.05) is 19.3 Å². The minimum absolute atomic E-state index is 0.0438. The summed E-state index contributed by atoms with van der Waals surface area (Å²) in [5, 5.41) is 14.5. The van der Waals surface area contributed by atoms with Gasteiger partial charge in [-0.2, -0.15) is 0 Å². The number of aliphatic hydroxyl groups is 1. The Labute approximate surface area is 103 Å². The second kappa shape index (κ2) is 9.39. The minimum atomic E-state index is 0.0438. The largest absolute Gasteiger partial charge is 0.394 e. The summed E-state index contributed by atoms with van der Waals surface area (Å²) in [6.07, 6.45) is 5.99. The quantitative estimate of drug-likeness (QED) is 0.527. The summed E-state index contributed by atoms with van der Waals surface area (Å²) in [5.74, 6) is 0.0686. The van der Waals surface area contributed by atoms with E-state index in [0.717, 1.165) is 12.8 Å². The van der Waals surface area contributed by atoms with E-state index in [0.29, 0.717) is 32.3 Å². The fourth-order valence-corrected chi connectivity index (χ4v) is 2.04. The number of ether oxygens (including phenoxy) is 1. The van der Waals surface area contributed by atoms with Gasteiger partial charge in [-0.3, -0.25) is 4.79 Å². The van der Waals surface area contributed by atoms with Crippen molar-refractivity contribution in [3.63, 3.8) is 0 Å². The van der Waals surface area contributed by atoms with Gasteiger partial charge in [0.1, 0.15) is 0 Å². The van der Waals surface area contributed by atoms with Crippen LogP contribution >= 0.6 is 0 Å². The molecule has 1 saturated carbocycles. The van der Waals surface area contributed by atoms with Crippen molar-refractivity contribution in [1.82, 2.24) is 10.6 Å². The average Bonchev–Trinajstić information content (AvgIpc) is 2.35. The predicted octanol–water partition coefficient (Wildman–Crippen LogP) is 0.0338. The SMILES string of the molecule is O=C(CNCCOCCO)NC1CCCCC1. The lowest BCUT2D eigenvalue weighted by Crippen LogP contribution is -2.41. The van der Waals surface area contributed by atoms with Crippen LogP contribution in [0.25, 0.3) is 0 Å². The lowest BCUT2D eigenvalue weighted by Gasteiger charge is -2.22. The molecule has 1 rings (SSSR count). The first-order chi connectivity index (χ1) is 8.33. The second-order valence-electron chi connectivity index (χ2n) is 4.42. The highest BCUT2D eigenvalue weighted by molar-refractivity contribution is 5.78. The zero-order chi connectivity index (χ0) is 12.3. The van der Waals surface area contributed by atoms with Gasteiger partial charge >= 0.3 is 0 Å². The van der Waals surface area contributed by atoms with Crippen molar-refractivity contribution in [2.24, 2.45) is 0 Å². The zero-order valence-corrected chi connectivity index (χ0v) is 10.4. The van der Waals surface area contributed by atoms with Crippen LogP contribution < -0.4 is 10.6 Å². The fourth-order valence-electron chi connectivity index (χ4n) is 2.04. The molecule has 100 valence electrons. The van der Waals surface area contributed by atoms with Crippen LogP contribution in [0.1, 0.15) is 32.1 Å². The molecular weight excluding hydrogens is 220 g/mol. The molecule has 1 amide bonds. The first-order valence-electron chi connectivity index (χ1n) is 6.51. The Bertz CT molecular complexity index is 206. The lowest BCUT2D eigenvalue weighted by molar-refractivity contribution is -0.121. The molecule has 1 fully saturated rings. The van der Waals surface area contributed by atoms with Gasteiger partial charge in [0.05, 0.1) is 26.4 Å². The molecule has 0 saturated heterocycles. The van der Waals surface area contributed by atoms with Gasteiger partial charge < -0.3 is 20.5 Å². The van der Waals surface area contributed by atoms with Gasteiger partial charge in [0.2, 0.25) is 5.91 Å². The molecule has 1 aliphatic rings. The number of carbonyl (C=O) groups excluding carboxylic acids is 1. The smallest absolute Gasteiger partial charge is 0.234 e. The Hall–Kier alpha value is -0.650. The molecule has 17 heavy (non-hydrogen) atoms. The van der Waals surface area contributed by atoms with E-state index >= 15 is 0 Å². The molecule has 1 aliphatic carbocycles. The van der Waals surface area contributed by atoms with E-state index in [4.69, 9.17) is 9.84 Å². The normalized spacial score (nSPS) is 17.0. The maximum absolute atomic E-state index is 11.5. The third-order valence-corrected chi connectivity index (χ3v) is 2.91. The fraction of sp³-hybridized carbons (Fsp3) is 0.917. The average molecular weight is 244 g/mol. The monoisotopic (exact) mass is 244 g/mol. The molecule has 5 heteroatoms. The van der Waals surface area contributed by atoms with Crippen molar-refractivity contribution >= 4 is 5.91 Å². The first kappa shape index (κ1) is 14.4. The van der Waals surface area contributed by atoms with E-state index in [-0.39, 0.29) is 12.5 Å². The van der Waals surface area contributed by atoms with Crippen LogP contribution in [-0.2, 0) is 9.53 Å². The van der Waals surface area contributed by atoms with Crippen molar-refractivity contribution < 1.29 is 14.6 Å². The maximum Gasteiger partial charge on any atom is 0.234 e. The van der Waals surface area contributed by atoms with Gasteiger partial charge in [0.15, 0.2) is 0 Å². The van der Waals surface area contributed by atoms with E-state index in [2.05, 4.69) is 10.6 Å². The van der Waals surface area contributed by atoms with Crippen LogP contribution in [0.2, 0.25) is 0 Å². The molecule has 0 unspecified atom stereocenters. The molecule has 0 aliphatic heterocycles. The predicted molar refractivity (Wildman–Crippen MR) is 65.8 cm³/mol. The lowest BCUT2D eigenvalue weighted by atomic mass is 9.95. The number of hydrogen-bond donors (Lipinski definition) is 3. The standard InChI is InChI=1S/C12H24N2O3/c15-7-9-17-8-6-13-10-12(16)14-11-4-2-1-3-5-11/h11,13,15H,1-10H2,(H,14,16). The summed E-state index contributed by atoms with van der Waals surface area (Å²) < 4.78 is 5.07. The molecule has 0 aromatic heterocycles. The third-order valence-electron chi connectivity index (χ3n) is 2.91. The summed E-state index contributed by atoms with van der Waals surface area (Å²) >= 11 is 0. The highest BCUT2D eigenvalue weighted by atomic mass is 16.5. The van der Waals surface area contributed by atoms with Crippen molar-refractivity contribution in [2.75, 3.05) is 32.9 Å². The second-order valence-corrected chi connectivity index (χ2v) is 4.42. The summed E-state index contributed by atoms with van der Waals surface area (Å²) in [6, 6.07) is 0.378. The Morgan fingerprint density at radius 1 is 1.24 bits per heavy atom. The molecule has 0 atom stereocenters. The van der Waals surface area contributed by atoms with E-state index in [1.807, 2.05) is 0 Å². The van der Waals surface area contributed by atoms with Crippen LogP contribution in [0.15, 0.2) is 0 Å². The number of aliphatic hydroxyl groups excluding tert-OH is 1. The van der Waals surface area contributed by atoms with Crippen molar-refractivity contribution in [1.29, 1.82) is 0 Å². The van der Waals surface area contributed by atoms with Crippen molar-refractivity contribution in [2.45, 2.75) is 38.1 Å². The van der Waals surface area contributed by atoms with Crippen LogP contribution in [0.5, 0.6) is 0 Å². The number of carbonyl (C=O) groups is 1. The van der Waals surface area contributed by atoms with E-state index in [1.54, 1.807) is 0 Å². The summed E-state index contributed by atoms with van der Waals surface area (Å²) in [4.78, 5) is 11.5. The topological polar surface area (TPSA) is 70.6 Å². The van der Waals surface area contributed by atoms with Crippen LogP contribution in [0, 0.1) is 0 Å². The highest BCUT2D eigenvalue weighted by Gasteiger charge is 2.14.